The molecular weight excluding hydrogens is 448 g/mol. The summed E-state index contributed by atoms with van der Waals surface area (Å²) in [5, 5.41) is 5.20. The van der Waals surface area contributed by atoms with Gasteiger partial charge in [0, 0.05) is 38.1 Å². The van der Waals surface area contributed by atoms with E-state index in [1.807, 2.05) is 23.3 Å². The fourth-order valence-electron chi connectivity index (χ4n) is 5.12. The molecule has 176 valence electrons. The zero-order valence-corrected chi connectivity index (χ0v) is 21.7. The molecule has 0 saturated carbocycles. The number of benzene rings is 1. The summed E-state index contributed by atoms with van der Waals surface area (Å²) in [6.45, 7) is 10.1. The fraction of sp³-hybridized carbons (Fsp3) is 0.500. The largest absolute Gasteiger partial charge is 0.348 e. The average molecular weight is 483 g/mol. The van der Waals surface area contributed by atoms with Gasteiger partial charge in [-0.15, -0.1) is 11.8 Å². The van der Waals surface area contributed by atoms with Gasteiger partial charge in [0.15, 0.2) is 5.11 Å². The van der Waals surface area contributed by atoms with Crippen LogP contribution in [0.4, 0.5) is 5.69 Å². The number of carbonyl (C=O) groups is 1. The Labute approximate surface area is 207 Å². The summed E-state index contributed by atoms with van der Waals surface area (Å²) >= 11 is 7.38. The summed E-state index contributed by atoms with van der Waals surface area (Å²) < 4.78 is 0. The summed E-state index contributed by atoms with van der Waals surface area (Å²) in [5.74, 6) is 0.545. The lowest BCUT2D eigenvalue weighted by atomic mass is 9.77. The van der Waals surface area contributed by atoms with Crippen LogP contribution in [0.1, 0.15) is 60.5 Å². The van der Waals surface area contributed by atoms with Crippen molar-refractivity contribution < 1.29 is 4.79 Å². The van der Waals surface area contributed by atoms with Gasteiger partial charge < -0.3 is 15.1 Å². The quantitative estimate of drug-likeness (QED) is 0.455. The SMILES string of the molecule is CSc1ncccc1C(=O)N1CCC2(CC1)CCN(C(=S)Nc1c(C)cccc1C(C)C)C2. The van der Waals surface area contributed by atoms with Crippen molar-refractivity contribution in [2.45, 2.75) is 51.0 Å². The van der Waals surface area contributed by atoms with Gasteiger partial charge in [-0.25, -0.2) is 4.98 Å². The number of pyridine rings is 1. The average Bonchev–Trinajstić information content (AvgIpc) is 3.23. The molecule has 5 nitrogen and oxygen atoms in total. The lowest BCUT2D eigenvalue weighted by molar-refractivity contribution is 0.0595. The molecule has 33 heavy (non-hydrogen) atoms. The maximum absolute atomic E-state index is 13.1. The molecule has 0 bridgehead atoms. The Hall–Kier alpha value is -2.12. The minimum absolute atomic E-state index is 0.107. The standard InChI is InChI=1S/C26H34N4OS2/c1-18(2)20-8-5-7-19(3)22(20)28-25(32)30-16-12-26(17-30)10-14-29(15-11-26)24(31)21-9-6-13-27-23(21)33-4/h5-9,13,18H,10-12,14-17H2,1-4H3,(H,28,32). The summed E-state index contributed by atoms with van der Waals surface area (Å²) in [5.41, 5.74) is 4.65. The third-order valence-electron chi connectivity index (χ3n) is 7.19. The van der Waals surface area contributed by atoms with Gasteiger partial charge in [-0.05, 0) is 79.3 Å². The predicted molar refractivity (Wildman–Crippen MR) is 141 cm³/mol. The summed E-state index contributed by atoms with van der Waals surface area (Å²) in [4.78, 5) is 21.8. The molecule has 3 heterocycles. The van der Waals surface area contributed by atoms with E-state index in [0.717, 1.165) is 66.8 Å². The second-order valence-electron chi connectivity index (χ2n) is 9.65. The maximum atomic E-state index is 13.1. The number of aromatic nitrogens is 1. The number of likely N-dealkylation sites (tertiary alicyclic amines) is 2. The molecule has 0 aliphatic carbocycles. The number of hydrogen-bond donors (Lipinski definition) is 1. The second kappa shape index (κ2) is 10.0. The Balaban J connectivity index is 1.38. The van der Waals surface area contributed by atoms with Crippen LogP contribution in [0.3, 0.4) is 0 Å². The lowest BCUT2D eigenvalue weighted by Crippen LogP contribution is -2.45. The van der Waals surface area contributed by atoms with E-state index in [1.54, 1.807) is 6.20 Å². The fourth-order valence-corrected chi connectivity index (χ4v) is 5.92. The van der Waals surface area contributed by atoms with Gasteiger partial charge in [-0.1, -0.05) is 32.0 Å². The molecule has 4 rings (SSSR count). The molecule has 0 unspecified atom stereocenters. The molecule has 2 saturated heterocycles. The summed E-state index contributed by atoms with van der Waals surface area (Å²) in [6, 6.07) is 10.2. The van der Waals surface area contributed by atoms with Crippen LogP contribution in [0.15, 0.2) is 41.6 Å². The highest BCUT2D eigenvalue weighted by Crippen LogP contribution is 2.41. The third kappa shape index (κ3) is 5.04. The predicted octanol–water partition coefficient (Wildman–Crippen LogP) is 5.56. The number of piperidine rings is 1. The van der Waals surface area contributed by atoms with Crippen molar-refractivity contribution in [2.24, 2.45) is 5.41 Å². The van der Waals surface area contributed by atoms with Crippen LogP contribution in [0.25, 0.3) is 0 Å². The Kier molecular flexibility index (Phi) is 7.29. The van der Waals surface area contributed by atoms with Crippen LogP contribution >= 0.6 is 24.0 Å². The summed E-state index contributed by atoms with van der Waals surface area (Å²) in [7, 11) is 0. The number of amides is 1. The van der Waals surface area contributed by atoms with Crippen molar-refractivity contribution in [3.63, 3.8) is 0 Å². The molecule has 2 aliphatic heterocycles. The minimum Gasteiger partial charge on any atom is -0.348 e. The van der Waals surface area contributed by atoms with Crippen molar-refractivity contribution in [3.8, 4) is 0 Å². The van der Waals surface area contributed by atoms with Crippen LogP contribution in [0, 0.1) is 12.3 Å². The van der Waals surface area contributed by atoms with Crippen LogP contribution < -0.4 is 5.32 Å². The highest BCUT2D eigenvalue weighted by molar-refractivity contribution is 7.98. The molecule has 1 amide bonds. The Morgan fingerprint density at radius 3 is 2.48 bits per heavy atom. The van der Waals surface area contributed by atoms with E-state index in [1.165, 1.54) is 22.9 Å². The molecule has 1 N–H and O–H groups in total. The van der Waals surface area contributed by atoms with Gasteiger partial charge in [-0.2, -0.15) is 0 Å². The van der Waals surface area contributed by atoms with Crippen LogP contribution in [0.5, 0.6) is 0 Å². The molecule has 1 aromatic heterocycles. The van der Waals surface area contributed by atoms with Crippen molar-refractivity contribution in [1.29, 1.82) is 0 Å². The first-order chi connectivity index (χ1) is 15.8. The van der Waals surface area contributed by atoms with Gasteiger partial charge in [0.05, 0.1) is 5.56 Å². The van der Waals surface area contributed by atoms with Crippen LogP contribution in [0.2, 0.25) is 0 Å². The topological polar surface area (TPSA) is 48.5 Å². The van der Waals surface area contributed by atoms with E-state index in [4.69, 9.17) is 12.2 Å². The zero-order valence-electron chi connectivity index (χ0n) is 20.1. The van der Waals surface area contributed by atoms with Crippen molar-refractivity contribution in [3.05, 3.63) is 53.2 Å². The normalized spacial score (nSPS) is 17.6. The first-order valence-electron chi connectivity index (χ1n) is 11.8. The number of para-hydroxylation sites is 1. The van der Waals surface area contributed by atoms with Gasteiger partial charge in [0.2, 0.25) is 0 Å². The number of anilines is 1. The second-order valence-corrected chi connectivity index (χ2v) is 10.8. The number of nitrogens with one attached hydrogen (secondary N) is 1. The molecule has 1 spiro atoms. The molecule has 1 aromatic carbocycles. The van der Waals surface area contributed by atoms with Gasteiger partial charge in [-0.3, -0.25) is 4.79 Å². The third-order valence-corrected chi connectivity index (χ3v) is 8.26. The lowest BCUT2D eigenvalue weighted by Gasteiger charge is -2.39. The van der Waals surface area contributed by atoms with Gasteiger partial charge in [0.1, 0.15) is 5.03 Å². The van der Waals surface area contributed by atoms with E-state index >= 15 is 0 Å². The summed E-state index contributed by atoms with van der Waals surface area (Å²) in [6.07, 6.45) is 6.89. The number of rotatable bonds is 4. The molecule has 0 atom stereocenters. The minimum atomic E-state index is 0.107. The highest BCUT2D eigenvalue weighted by Gasteiger charge is 2.42. The zero-order chi connectivity index (χ0) is 23.6. The van der Waals surface area contributed by atoms with Crippen molar-refractivity contribution in [1.82, 2.24) is 14.8 Å². The Bertz CT molecular complexity index is 1030. The number of carbonyl (C=O) groups excluding carboxylic acids is 1. The first-order valence-corrected chi connectivity index (χ1v) is 13.4. The first kappa shape index (κ1) is 24.0. The number of thioether (sulfide) groups is 1. The molecule has 0 radical (unpaired) electrons. The molecule has 2 fully saturated rings. The van der Waals surface area contributed by atoms with Gasteiger partial charge in [0.25, 0.3) is 5.91 Å². The molecule has 7 heteroatoms. The molecule has 2 aromatic rings. The molecular formula is C26H34N4OS2. The van der Waals surface area contributed by atoms with E-state index < -0.39 is 0 Å². The van der Waals surface area contributed by atoms with Crippen molar-refractivity contribution in [2.75, 3.05) is 37.8 Å². The van der Waals surface area contributed by atoms with E-state index in [9.17, 15) is 4.79 Å². The number of hydrogen-bond acceptors (Lipinski definition) is 4. The van der Waals surface area contributed by atoms with E-state index in [0.29, 0.717) is 5.92 Å². The monoisotopic (exact) mass is 482 g/mol. The van der Waals surface area contributed by atoms with Crippen molar-refractivity contribution >= 4 is 40.7 Å². The van der Waals surface area contributed by atoms with E-state index in [-0.39, 0.29) is 11.3 Å². The number of aryl methyl sites for hydroxylation is 1. The molecule has 2 aliphatic rings. The number of nitrogens with zero attached hydrogens (tertiary/aromatic N) is 3. The van der Waals surface area contributed by atoms with Crippen LogP contribution in [-0.2, 0) is 0 Å². The number of thiocarbonyl (C=S) groups is 1. The Morgan fingerprint density at radius 2 is 1.82 bits per heavy atom. The maximum Gasteiger partial charge on any atom is 0.256 e. The Morgan fingerprint density at radius 1 is 1.12 bits per heavy atom. The smallest absolute Gasteiger partial charge is 0.256 e. The highest BCUT2D eigenvalue weighted by atomic mass is 32.2. The van der Waals surface area contributed by atoms with Gasteiger partial charge >= 0.3 is 0 Å². The van der Waals surface area contributed by atoms with Crippen LogP contribution in [-0.4, -0.2) is 58.2 Å². The van der Waals surface area contributed by atoms with E-state index in [2.05, 4.69) is 54.2 Å².